The molecule has 4 heterocycles. The van der Waals surface area contributed by atoms with Gasteiger partial charge in [-0.1, -0.05) is 17.7 Å². The van der Waals surface area contributed by atoms with Gasteiger partial charge in [0.2, 0.25) is 0 Å². The van der Waals surface area contributed by atoms with Gasteiger partial charge in [0, 0.05) is 37.2 Å². The number of likely N-dealkylation sites (tertiary alicyclic amines) is 1. The second-order valence-corrected chi connectivity index (χ2v) is 9.97. The molecule has 2 aliphatic heterocycles. The molecule has 5 rings (SSSR count). The van der Waals surface area contributed by atoms with Crippen molar-refractivity contribution in [1.29, 1.82) is 0 Å². The average Bonchev–Trinajstić information content (AvgIpc) is 3.48. The Kier molecular flexibility index (Phi) is 7.09. The second kappa shape index (κ2) is 10.3. The molecule has 0 spiro atoms. The van der Waals surface area contributed by atoms with Crippen molar-refractivity contribution in [3.63, 3.8) is 0 Å². The SMILES string of the molecule is Cc1ccc(-n2nc(C3CCN(C(C)CC(F)(F)F)CC3)cc2NC(O)c2cnn3c2N=CCC3)cc1. The Labute approximate surface area is 213 Å². The summed E-state index contributed by atoms with van der Waals surface area (Å²) < 4.78 is 42.1. The highest BCUT2D eigenvalue weighted by Gasteiger charge is 2.34. The van der Waals surface area contributed by atoms with Crippen molar-refractivity contribution in [3.05, 3.63) is 53.3 Å². The number of hydrogen-bond acceptors (Lipinski definition) is 6. The first-order chi connectivity index (χ1) is 17.7. The van der Waals surface area contributed by atoms with Crippen molar-refractivity contribution < 1.29 is 18.3 Å². The van der Waals surface area contributed by atoms with E-state index in [4.69, 9.17) is 5.10 Å². The summed E-state index contributed by atoms with van der Waals surface area (Å²) in [5, 5.41) is 23.5. The molecule has 0 bridgehead atoms. The Bertz CT molecular complexity index is 1240. The first-order valence-electron chi connectivity index (χ1n) is 12.7. The fraction of sp³-hybridized carbons (Fsp3) is 0.500. The Morgan fingerprint density at radius 1 is 1.14 bits per heavy atom. The normalized spacial score (nSPS) is 18.5. The predicted molar refractivity (Wildman–Crippen MR) is 136 cm³/mol. The van der Waals surface area contributed by atoms with E-state index in [0.29, 0.717) is 30.3 Å². The lowest BCUT2D eigenvalue weighted by Crippen LogP contribution is -2.41. The Hall–Kier alpha value is -3.18. The van der Waals surface area contributed by atoms with Crippen molar-refractivity contribution >= 4 is 17.9 Å². The molecule has 0 aliphatic carbocycles. The standard InChI is InChI=1S/C26H32F3N7O/c1-17-4-6-20(7-5-17)36-23(32-25(37)21-16-31-35-11-3-10-30-24(21)35)14-22(33-36)19-8-12-34(13-9-19)18(2)15-26(27,28)29/h4-7,10,14,16,18-19,25,32,37H,3,8-9,11-13,15H2,1-2H3. The molecule has 3 aromatic rings. The fourth-order valence-electron chi connectivity index (χ4n) is 5.12. The second-order valence-electron chi connectivity index (χ2n) is 9.97. The molecule has 0 amide bonds. The van der Waals surface area contributed by atoms with Crippen LogP contribution in [0.2, 0.25) is 0 Å². The average molecular weight is 516 g/mol. The summed E-state index contributed by atoms with van der Waals surface area (Å²) in [6.45, 7) is 5.55. The van der Waals surface area contributed by atoms with Gasteiger partial charge in [0.05, 0.1) is 29.6 Å². The van der Waals surface area contributed by atoms with E-state index in [1.807, 2.05) is 48.4 Å². The molecule has 11 heteroatoms. The van der Waals surface area contributed by atoms with E-state index in [9.17, 15) is 18.3 Å². The van der Waals surface area contributed by atoms with E-state index < -0.39 is 24.9 Å². The largest absolute Gasteiger partial charge is 0.390 e. The molecule has 1 aromatic carbocycles. The Morgan fingerprint density at radius 2 is 1.86 bits per heavy atom. The lowest BCUT2D eigenvalue weighted by atomic mass is 9.92. The molecule has 0 radical (unpaired) electrons. The summed E-state index contributed by atoms with van der Waals surface area (Å²) in [7, 11) is 0. The molecule has 2 atom stereocenters. The van der Waals surface area contributed by atoms with E-state index in [1.165, 1.54) is 0 Å². The molecule has 2 unspecified atom stereocenters. The van der Waals surface area contributed by atoms with Gasteiger partial charge in [0.25, 0.3) is 0 Å². The summed E-state index contributed by atoms with van der Waals surface area (Å²) >= 11 is 0. The van der Waals surface area contributed by atoms with Crippen LogP contribution in [0, 0.1) is 6.92 Å². The number of aliphatic hydroxyl groups is 1. The summed E-state index contributed by atoms with van der Waals surface area (Å²) in [5.41, 5.74) is 3.41. The minimum Gasteiger partial charge on any atom is -0.369 e. The van der Waals surface area contributed by atoms with Gasteiger partial charge >= 0.3 is 6.18 Å². The molecule has 8 nitrogen and oxygen atoms in total. The molecule has 2 N–H and O–H groups in total. The number of benzene rings is 1. The number of halogens is 3. The number of anilines is 1. The molecule has 198 valence electrons. The molecular formula is C26H32F3N7O. The van der Waals surface area contributed by atoms with Gasteiger partial charge in [-0.05, 0) is 51.9 Å². The fourth-order valence-corrected chi connectivity index (χ4v) is 5.12. The first kappa shape index (κ1) is 25.5. The van der Waals surface area contributed by atoms with Crippen molar-refractivity contribution in [2.24, 2.45) is 4.99 Å². The van der Waals surface area contributed by atoms with E-state index in [-0.39, 0.29) is 5.92 Å². The molecule has 1 fully saturated rings. The van der Waals surface area contributed by atoms with Crippen LogP contribution in [0.5, 0.6) is 0 Å². The van der Waals surface area contributed by atoms with Crippen molar-refractivity contribution in [2.45, 2.75) is 70.4 Å². The van der Waals surface area contributed by atoms with Crippen LogP contribution in [-0.2, 0) is 6.54 Å². The molecule has 0 saturated carbocycles. The zero-order valence-electron chi connectivity index (χ0n) is 21.0. The molecule has 2 aromatic heterocycles. The van der Waals surface area contributed by atoms with Gasteiger partial charge in [-0.25, -0.2) is 14.4 Å². The zero-order valence-corrected chi connectivity index (χ0v) is 21.0. The van der Waals surface area contributed by atoms with E-state index in [2.05, 4.69) is 15.4 Å². The quantitative estimate of drug-likeness (QED) is 0.428. The summed E-state index contributed by atoms with van der Waals surface area (Å²) in [6, 6.07) is 9.33. The van der Waals surface area contributed by atoms with Crippen LogP contribution in [0.1, 0.15) is 61.6 Å². The number of alkyl halides is 3. The predicted octanol–water partition coefficient (Wildman–Crippen LogP) is 5.11. The summed E-state index contributed by atoms with van der Waals surface area (Å²) in [6.07, 6.45) is -0.307. The van der Waals surface area contributed by atoms with E-state index in [0.717, 1.165) is 42.8 Å². The van der Waals surface area contributed by atoms with Crippen LogP contribution in [0.15, 0.2) is 41.5 Å². The highest BCUT2D eigenvalue weighted by atomic mass is 19.4. The van der Waals surface area contributed by atoms with Crippen molar-refractivity contribution in [1.82, 2.24) is 24.5 Å². The number of piperidine rings is 1. The number of aromatic nitrogens is 4. The molecule has 37 heavy (non-hydrogen) atoms. The van der Waals surface area contributed by atoms with Crippen LogP contribution >= 0.6 is 0 Å². The van der Waals surface area contributed by atoms with Gasteiger partial charge in [0.1, 0.15) is 5.82 Å². The smallest absolute Gasteiger partial charge is 0.369 e. The minimum absolute atomic E-state index is 0.118. The number of rotatable bonds is 7. The van der Waals surface area contributed by atoms with Gasteiger partial charge in [0.15, 0.2) is 12.0 Å². The number of fused-ring (bicyclic) bond motifs is 1. The molecular weight excluding hydrogens is 483 g/mol. The number of hydrogen-bond donors (Lipinski definition) is 2. The number of aliphatic hydroxyl groups excluding tert-OH is 1. The van der Waals surface area contributed by atoms with Crippen LogP contribution in [0.3, 0.4) is 0 Å². The van der Waals surface area contributed by atoms with Gasteiger partial charge < -0.3 is 15.3 Å². The van der Waals surface area contributed by atoms with Gasteiger partial charge in [-0.2, -0.15) is 23.4 Å². The summed E-state index contributed by atoms with van der Waals surface area (Å²) in [4.78, 5) is 6.32. The van der Waals surface area contributed by atoms with E-state index in [1.54, 1.807) is 22.5 Å². The monoisotopic (exact) mass is 515 g/mol. The molecule has 2 aliphatic rings. The number of aliphatic imine (C=N–C) groups is 1. The zero-order chi connectivity index (χ0) is 26.2. The van der Waals surface area contributed by atoms with Crippen LogP contribution < -0.4 is 5.32 Å². The summed E-state index contributed by atoms with van der Waals surface area (Å²) in [5.74, 6) is 1.37. The minimum atomic E-state index is -4.16. The Balaban J connectivity index is 1.36. The van der Waals surface area contributed by atoms with Crippen molar-refractivity contribution in [2.75, 3.05) is 18.4 Å². The first-order valence-corrected chi connectivity index (χ1v) is 12.7. The van der Waals surface area contributed by atoms with Gasteiger partial charge in [-0.3, -0.25) is 0 Å². The number of nitrogens with zero attached hydrogens (tertiary/aromatic N) is 6. The topological polar surface area (TPSA) is 83.5 Å². The third-order valence-electron chi connectivity index (χ3n) is 7.21. The lowest BCUT2D eigenvalue weighted by Gasteiger charge is -2.35. The third-order valence-corrected chi connectivity index (χ3v) is 7.21. The maximum absolute atomic E-state index is 12.9. The lowest BCUT2D eigenvalue weighted by molar-refractivity contribution is -0.146. The van der Waals surface area contributed by atoms with Crippen LogP contribution in [0.25, 0.3) is 5.69 Å². The number of nitrogens with one attached hydrogen (secondary N) is 1. The highest BCUT2D eigenvalue weighted by Crippen LogP contribution is 2.34. The highest BCUT2D eigenvalue weighted by molar-refractivity contribution is 5.65. The van der Waals surface area contributed by atoms with E-state index >= 15 is 0 Å². The molecule has 1 saturated heterocycles. The Morgan fingerprint density at radius 3 is 2.57 bits per heavy atom. The third kappa shape index (κ3) is 5.72. The van der Waals surface area contributed by atoms with Crippen LogP contribution in [0.4, 0.5) is 24.8 Å². The number of aryl methyl sites for hydroxylation is 2. The maximum atomic E-state index is 12.9. The van der Waals surface area contributed by atoms with Crippen LogP contribution in [-0.4, -0.2) is 61.1 Å². The maximum Gasteiger partial charge on any atom is 0.390 e. The van der Waals surface area contributed by atoms with Gasteiger partial charge in [-0.15, -0.1) is 0 Å². The van der Waals surface area contributed by atoms with Crippen molar-refractivity contribution in [3.8, 4) is 5.69 Å².